The average Bonchev–Trinajstić information content (AvgIpc) is 1.88. The van der Waals surface area contributed by atoms with Gasteiger partial charge in [0, 0.05) is 16.8 Å². The smallest absolute Gasteiger partial charge is 0.768 e. The summed E-state index contributed by atoms with van der Waals surface area (Å²) < 4.78 is 20.5. The van der Waals surface area contributed by atoms with Gasteiger partial charge < -0.3 is 4.55 Å². The first-order valence-electron chi connectivity index (χ1n) is 2.72. The van der Waals surface area contributed by atoms with Gasteiger partial charge in [-0.05, 0) is 30.1 Å². The van der Waals surface area contributed by atoms with Crippen molar-refractivity contribution in [2.75, 3.05) is 0 Å². The van der Waals surface area contributed by atoms with E-state index < -0.39 is 11.1 Å². The molecule has 0 bridgehead atoms. The summed E-state index contributed by atoms with van der Waals surface area (Å²) in [5.74, 6) is 0. The Morgan fingerprint density at radius 2 is 2.18 bits per heavy atom. The van der Waals surface area contributed by atoms with E-state index in [-0.39, 0.29) is 23.8 Å². The number of nitrogens with zero attached hydrogens (tertiary/aromatic N) is 1. The van der Waals surface area contributed by atoms with Crippen LogP contribution in [0.15, 0.2) is 23.2 Å². The Morgan fingerprint density at radius 3 is 2.55 bits per heavy atom. The van der Waals surface area contributed by atoms with Gasteiger partial charge in [-0.25, -0.2) is 0 Å². The second-order valence-electron chi connectivity index (χ2n) is 1.87. The SMILES string of the molecule is Cc1ccc(S(=O)[O-])cn1.[Li+]. The molecule has 1 aromatic rings. The van der Waals surface area contributed by atoms with Gasteiger partial charge in [0.15, 0.2) is 0 Å². The van der Waals surface area contributed by atoms with Gasteiger partial charge >= 0.3 is 18.9 Å². The second kappa shape index (κ2) is 4.68. The summed E-state index contributed by atoms with van der Waals surface area (Å²) in [7, 11) is 0. The Morgan fingerprint density at radius 1 is 1.55 bits per heavy atom. The fourth-order valence-corrected chi connectivity index (χ4v) is 0.871. The van der Waals surface area contributed by atoms with Crippen molar-refractivity contribution in [3.8, 4) is 0 Å². The van der Waals surface area contributed by atoms with E-state index in [9.17, 15) is 8.76 Å². The topological polar surface area (TPSA) is 53.0 Å². The summed E-state index contributed by atoms with van der Waals surface area (Å²) >= 11 is -2.15. The molecule has 0 amide bonds. The molecule has 0 spiro atoms. The monoisotopic (exact) mass is 163 g/mol. The average molecular weight is 163 g/mol. The predicted octanol–water partition coefficient (Wildman–Crippen LogP) is -2.37. The van der Waals surface area contributed by atoms with Gasteiger partial charge in [-0.3, -0.25) is 9.19 Å². The quantitative estimate of drug-likeness (QED) is 0.343. The fraction of sp³-hybridized carbons (Fsp3) is 0.167. The molecular formula is C6H6LiNO2S. The minimum Gasteiger partial charge on any atom is -0.768 e. The molecule has 0 N–H and O–H groups in total. The van der Waals surface area contributed by atoms with Crippen LogP contribution >= 0.6 is 0 Å². The van der Waals surface area contributed by atoms with E-state index in [0.29, 0.717) is 0 Å². The van der Waals surface area contributed by atoms with Crippen molar-refractivity contribution in [2.45, 2.75) is 11.8 Å². The van der Waals surface area contributed by atoms with E-state index >= 15 is 0 Å². The third kappa shape index (κ3) is 3.17. The number of aryl methyl sites for hydroxylation is 1. The van der Waals surface area contributed by atoms with Gasteiger partial charge in [0.25, 0.3) is 0 Å². The third-order valence-electron chi connectivity index (χ3n) is 1.08. The molecule has 0 aromatic carbocycles. The molecule has 0 aliphatic rings. The maximum Gasteiger partial charge on any atom is 1.00 e. The van der Waals surface area contributed by atoms with Crippen molar-refractivity contribution in [1.82, 2.24) is 4.98 Å². The molecule has 1 aromatic heterocycles. The summed E-state index contributed by atoms with van der Waals surface area (Å²) in [6, 6.07) is 3.18. The van der Waals surface area contributed by atoms with Crippen molar-refractivity contribution in [3.63, 3.8) is 0 Å². The van der Waals surface area contributed by atoms with Crippen LogP contribution in [-0.4, -0.2) is 13.7 Å². The van der Waals surface area contributed by atoms with Crippen LogP contribution in [0.5, 0.6) is 0 Å². The molecule has 0 aliphatic heterocycles. The molecular weight excluding hydrogens is 157 g/mol. The van der Waals surface area contributed by atoms with E-state index in [0.717, 1.165) is 5.69 Å². The maximum atomic E-state index is 10.3. The van der Waals surface area contributed by atoms with Crippen molar-refractivity contribution in [1.29, 1.82) is 0 Å². The van der Waals surface area contributed by atoms with Crippen LogP contribution in [0, 0.1) is 6.92 Å². The molecule has 1 atom stereocenters. The van der Waals surface area contributed by atoms with E-state index in [1.165, 1.54) is 12.3 Å². The van der Waals surface area contributed by atoms with Crippen LogP contribution in [-0.2, 0) is 11.1 Å². The molecule has 0 radical (unpaired) electrons. The number of aromatic nitrogens is 1. The van der Waals surface area contributed by atoms with Crippen LogP contribution in [0.4, 0.5) is 0 Å². The summed E-state index contributed by atoms with van der Waals surface area (Å²) in [6.45, 7) is 1.80. The zero-order valence-electron chi connectivity index (χ0n) is 6.40. The van der Waals surface area contributed by atoms with E-state index in [1.54, 1.807) is 13.0 Å². The Labute approximate surface area is 79.7 Å². The van der Waals surface area contributed by atoms with E-state index in [4.69, 9.17) is 0 Å². The third-order valence-corrected chi connectivity index (χ3v) is 1.70. The molecule has 0 saturated carbocycles. The molecule has 54 valence electrons. The van der Waals surface area contributed by atoms with E-state index in [2.05, 4.69) is 4.98 Å². The first kappa shape index (κ1) is 10.9. The van der Waals surface area contributed by atoms with Crippen LogP contribution in [0.25, 0.3) is 0 Å². The molecule has 0 fully saturated rings. The normalized spacial score (nSPS) is 11.8. The van der Waals surface area contributed by atoms with Gasteiger partial charge in [0.2, 0.25) is 0 Å². The zero-order valence-corrected chi connectivity index (χ0v) is 7.22. The van der Waals surface area contributed by atoms with Gasteiger partial charge in [-0.2, -0.15) is 0 Å². The molecule has 1 rings (SSSR count). The fourth-order valence-electron chi connectivity index (χ4n) is 0.553. The number of hydrogen-bond donors (Lipinski definition) is 0. The standard InChI is InChI=1S/C6H7NO2S.Li/c1-5-2-3-6(4-7-5)10(8)9;/h2-4H,1H3,(H,8,9);/q;+1/p-1. The number of pyridine rings is 1. The minimum absolute atomic E-state index is 0. The van der Waals surface area contributed by atoms with Crippen LogP contribution in [0.2, 0.25) is 0 Å². The molecule has 5 heteroatoms. The molecule has 0 aliphatic carbocycles. The Kier molecular flexibility index (Phi) is 4.62. The first-order chi connectivity index (χ1) is 4.70. The van der Waals surface area contributed by atoms with Crippen molar-refractivity contribution < 1.29 is 27.6 Å². The Balaban J connectivity index is 0.000001000. The van der Waals surface area contributed by atoms with Gasteiger partial charge in [-0.15, -0.1) is 0 Å². The summed E-state index contributed by atoms with van der Waals surface area (Å²) in [6.07, 6.45) is 1.33. The van der Waals surface area contributed by atoms with Gasteiger partial charge in [-0.1, -0.05) is 0 Å². The Hall–Kier alpha value is -0.143. The van der Waals surface area contributed by atoms with Crippen LogP contribution in [0.1, 0.15) is 5.69 Å². The van der Waals surface area contributed by atoms with Gasteiger partial charge in [0.05, 0.1) is 0 Å². The van der Waals surface area contributed by atoms with Crippen LogP contribution < -0.4 is 18.9 Å². The molecule has 0 saturated heterocycles. The molecule has 3 nitrogen and oxygen atoms in total. The zero-order chi connectivity index (χ0) is 7.56. The van der Waals surface area contributed by atoms with Crippen molar-refractivity contribution >= 4 is 11.1 Å². The number of hydrogen-bond acceptors (Lipinski definition) is 3. The van der Waals surface area contributed by atoms with E-state index in [1.807, 2.05) is 0 Å². The van der Waals surface area contributed by atoms with Gasteiger partial charge in [0.1, 0.15) is 0 Å². The van der Waals surface area contributed by atoms with Crippen molar-refractivity contribution in [2.24, 2.45) is 0 Å². The second-order valence-corrected chi connectivity index (χ2v) is 2.81. The first-order valence-corrected chi connectivity index (χ1v) is 3.79. The van der Waals surface area contributed by atoms with Crippen LogP contribution in [0.3, 0.4) is 0 Å². The summed E-state index contributed by atoms with van der Waals surface area (Å²) in [5, 5.41) is 0. The van der Waals surface area contributed by atoms with Crippen molar-refractivity contribution in [3.05, 3.63) is 24.0 Å². The largest absolute Gasteiger partial charge is 1.00 e. The molecule has 1 unspecified atom stereocenters. The number of rotatable bonds is 1. The maximum absolute atomic E-state index is 10.3. The summed E-state index contributed by atoms with van der Waals surface area (Å²) in [4.78, 5) is 4.03. The summed E-state index contributed by atoms with van der Waals surface area (Å²) in [5.41, 5.74) is 0.814. The predicted molar refractivity (Wildman–Crippen MR) is 36.2 cm³/mol. The molecule has 1 heterocycles. The Bertz CT molecular complexity index is 249. The molecule has 11 heavy (non-hydrogen) atoms. The minimum atomic E-state index is -2.15.